The van der Waals surface area contributed by atoms with Gasteiger partial charge in [-0.05, 0) is 24.3 Å². The summed E-state index contributed by atoms with van der Waals surface area (Å²) < 4.78 is 11.9. The third-order valence-corrected chi connectivity index (χ3v) is 3.30. The number of anilines is 1. The van der Waals surface area contributed by atoms with Crippen LogP contribution in [-0.2, 0) is 0 Å². The number of fused-ring (bicyclic) bond motifs is 1. The zero-order valence-electron chi connectivity index (χ0n) is 10.5. The third kappa shape index (κ3) is 1.78. The van der Waals surface area contributed by atoms with Crippen molar-refractivity contribution in [2.45, 2.75) is 0 Å². The maximum absolute atomic E-state index is 6.33. The molecule has 0 aromatic carbocycles. The number of rotatable bonds is 2. The predicted octanol–water partition coefficient (Wildman–Crippen LogP) is 2.88. The summed E-state index contributed by atoms with van der Waals surface area (Å²) in [5.74, 6) is 1.54. The van der Waals surface area contributed by atoms with Gasteiger partial charge in [0.1, 0.15) is 10.7 Å². The molecule has 0 aliphatic carbocycles. The summed E-state index contributed by atoms with van der Waals surface area (Å²) in [5.41, 5.74) is 6.77. The lowest BCUT2D eigenvalue weighted by molar-refractivity contribution is 0.576. The number of halogens is 1. The Morgan fingerprint density at radius 2 is 1.76 bits per heavy atom. The number of hydrogen-bond donors (Lipinski definition) is 1. The van der Waals surface area contributed by atoms with Gasteiger partial charge in [-0.15, -0.1) is 0 Å². The minimum atomic E-state index is 0.158. The fourth-order valence-electron chi connectivity index (χ4n) is 2.01. The highest BCUT2D eigenvalue weighted by molar-refractivity contribution is 6.36. The Kier molecular flexibility index (Phi) is 2.48. The fraction of sp³-hybridized carbons (Fsp3) is 0. The van der Waals surface area contributed by atoms with E-state index in [4.69, 9.17) is 26.2 Å². The molecule has 21 heavy (non-hydrogen) atoms. The van der Waals surface area contributed by atoms with Gasteiger partial charge in [0.15, 0.2) is 17.2 Å². The average molecular weight is 302 g/mol. The van der Waals surface area contributed by atoms with Crippen molar-refractivity contribution < 1.29 is 8.83 Å². The molecule has 4 aromatic heterocycles. The molecule has 0 aliphatic heterocycles. The van der Waals surface area contributed by atoms with Crippen LogP contribution >= 0.6 is 11.6 Å². The van der Waals surface area contributed by atoms with Gasteiger partial charge >= 0.3 is 0 Å². The van der Waals surface area contributed by atoms with Crippen LogP contribution in [0.25, 0.3) is 28.7 Å². The lowest BCUT2D eigenvalue weighted by Gasteiger charge is -2.00. The smallest absolute Gasteiger partial charge is 0.225 e. The minimum Gasteiger partial charge on any atom is -0.463 e. The highest BCUT2D eigenvalue weighted by Gasteiger charge is 2.19. The predicted molar refractivity (Wildman–Crippen MR) is 75.6 cm³/mol. The molecule has 4 aromatic rings. The van der Waals surface area contributed by atoms with Crippen LogP contribution < -0.4 is 5.73 Å². The average Bonchev–Trinajstić information content (AvgIpc) is 3.19. The van der Waals surface area contributed by atoms with Gasteiger partial charge < -0.3 is 14.6 Å². The van der Waals surface area contributed by atoms with Crippen LogP contribution in [0.3, 0.4) is 0 Å². The maximum atomic E-state index is 6.33. The molecule has 0 atom stereocenters. The van der Waals surface area contributed by atoms with Crippen molar-refractivity contribution >= 4 is 23.2 Å². The van der Waals surface area contributed by atoms with Crippen molar-refractivity contribution in [2.75, 3.05) is 5.73 Å². The normalized spacial score (nSPS) is 11.3. The summed E-state index contributed by atoms with van der Waals surface area (Å²) in [6.45, 7) is 0. The van der Waals surface area contributed by atoms with Gasteiger partial charge in [0.25, 0.3) is 0 Å². The molecule has 0 saturated carbocycles. The molecule has 0 unspecified atom stereocenters. The monoisotopic (exact) mass is 301 g/mol. The SMILES string of the molecule is Nc1nc(-c2ccco2)nc2c(Cl)c(-c3ccco3)nn12. The van der Waals surface area contributed by atoms with E-state index in [1.54, 1.807) is 30.5 Å². The van der Waals surface area contributed by atoms with Crippen molar-refractivity contribution in [1.82, 2.24) is 19.6 Å². The maximum Gasteiger partial charge on any atom is 0.225 e. The molecule has 0 fully saturated rings. The van der Waals surface area contributed by atoms with Crippen LogP contribution in [0.4, 0.5) is 5.95 Å². The standard InChI is InChI=1S/C13H8ClN5O2/c14-9-10(7-3-1-5-20-7)18-19-12(9)16-11(17-13(19)15)8-4-2-6-21-8/h1-6H,(H2,15,16,17). The molecule has 4 rings (SSSR count). The van der Waals surface area contributed by atoms with Crippen molar-refractivity contribution in [3.8, 4) is 23.0 Å². The minimum absolute atomic E-state index is 0.158. The summed E-state index contributed by atoms with van der Waals surface area (Å²) in [6, 6.07) is 6.98. The fourth-order valence-corrected chi connectivity index (χ4v) is 2.27. The Balaban J connectivity index is 1.99. The number of hydrogen-bond acceptors (Lipinski definition) is 6. The highest BCUT2D eigenvalue weighted by atomic mass is 35.5. The first kappa shape index (κ1) is 12.0. The zero-order valence-corrected chi connectivity index (χ0v) is 11.3. The van der Waals surface area contributed by atoms with Crippen LogP contribution in [0.2, 0.25) is 5.02 Å². The number of aromatic nitrogens is 4. The Labute approximate surface area is 123 Å². The van der Waals surface area contributed by atoms with Gasteiger partial charge in [0.05, 0.1) is 12.5 Å². The van der Waals surface area contributed by atoms with E-state index >= 15 is 0 Å². The van der Waals surface area contributed by atoms with Crippen LogP contribution in [0.15, 0.2) is 45.6 Å². The van der Waals surface area contributed by atoms with Crippen LogP contribution in [0.1, 0.15) is 0 Å². The van der Waals surface area contributed by atoms with E-state index in [2.05, 4.69) is 15.1 Å². The molecular weight excluding hydrogens is 294 g/mol. The van der Waals surface area contributed by atoms with E-state index in [0.29, 0.717) is 33.7 Å². The first-order chi connectivity index (χ1) is 10.2. The van der Waals surface area contributed by atoms with Gasteiger partial charge in [0, 0.05) is 0 Å². The molecule has 104 valence electrons. The van der Waals surface area contributed by atoms with E-state index in [9.17, 15) is 0 Å². The van der Waals surface area contributed by atoms with Crippen molar-refractivity contribution in [3.05, 3.63) is 41.8 Å². The van der Waals surface area contributed by atoms with Gasteiger partial charge in [-0.1, -0.05) is 11.6 Å². The molecule has 0 amide bonds. The molecule has 0 radical (unpaired) electrons. The largest absolute Gasteiger partial charge is 0.463 e. The molecule has 2 N–H and O–H groups in total. The van der Waals surface area contributed by atoms with Gasteiger partial charge in [-0.25, -0.2) is 4.98 Å². The first-order valence-electron chi connectivity index (χ1n) is 6.03. The molecular formula is C13H8ClN5O2. The summed E-state index contributed by atoms with van der Waals surface area (Å²) >= 11 is 6.33. The molecule has 4 heterocycles. The second-order valence-corrected chi connectivity index (χ2v) is 4.64. The summed E-state index contributed by atoms with van der Waals surface area (Å²) in [5, 5.41) is 4.63. The second-order valence-electron chi connectivity index (χ2n) is 4.26. The zero-order chi connectivity index (χ0) is 14.4. The van der Waals surface area contributed by atoms with E-state index in [1.807, 2.05) is 0 Å². The van der Waals surface area contributed by atoms with Crippen LogP contribution in [0.5, 0.6) is 0 Å². The molecule has 7 nitrogen and oxygen atoms in total. The van der Waals surface area contributed by atoms with Crippen LogP contribution in [0, 0.1) is 0 Å². The first-order valence-corrected chi connectivity index (χ1v) is 6.41. The molecule has 0 spiro atoms. The topological polar surface area (TPSA) is 95.4 Å². The summed E-state index contributed by atoms with van der Waals surface area (Å²) in [4.78, 5) is 8.51. The number of nitrogens with zero attached hydrogens (tertiary/aromatic N) is 4. The molecule has 0 bridgehead atoms. The lowest BCUT2D eigenvalue weighted by atomic mass is 10.3. The van der Waals surface area contributed by atoms with Gasteiger partial charge in [0.2, 0.25) is 11.8 Å². The lowest BCUT2D eigenvalue weighted by Crippen LogP contribution is -2.05. The number of nitrogen functional groups attached to an aromatic ring is 1. The molecule has 0 aliphatic rings. The van der Waals surface area contributed by atoms with Crippen molar-refractivity contribution in [2.24, 2.45) is 0 Å². The Morgan fingerprint density at radius 1 is 1.05 bits per heavy atom. The van der Waals surface area contributed by atoms with E-state index in [1.165, 1.54) is 10.8 Å². The summed E-state index contributed by atoms with van der Waals surface area (Å²) in [6.07, 6.45) is 3.07. The third-order valence-electron chi connectivity index (χ3n) is 2.95. The van der Waals surface area contributed by atoms with E-state index < -0.39 is 0 Å². The molecule has 0 saturated heterocycles. The van der Waals surface area contributed by atoms with Gasteiger partial charge in [-0.2, -0.15) is 14.6 Å². The van der Waals surface area contributed by atoms with Crippen LogP contribution in [-0.4, -0.2) is 19.6 Å². The number of nitrogens with two attached hydrogens (primary N) is 1. The highest BCUT2D eigenvalue weighted by Crippen LogP contribution is 2.31. The Hall–Kier alpha value is -2.80. The molecule has 8 heteroatoms. The van der Waals surface area contributed by atoms with Crippen molar-refractivity contribution in [1.29, 1.82) is 0 Å². The van der Waals surface area contributed by atoms with Gasteiger partial charge in [-0.3, -0.25) is 0 Å². The number of furan rings is 2. The second kappa shape index (κ2) is 4.35. The summed E-state index contributed by atoms with van der Waals surface area (Å²) in [7, 11) is 0. The van der Waals surface area contributed by atoms with E-state index in [-0.39, 0.29) is 5.95 Å². The Bertz CT molecular complexity index is 912. The van der Waals surface area contributed by atoms with Crippen molar-refractivity contribution in [3.63, 3.8) is 0 Å². The quantitative estimate of drug-likeness (QED) is 0.611. The Morgan fingerprint density at radius 3 is 2.43 bits per heavy atom. The van der Waals surface area contributed by atoms with E-state index in [0.717, 1.165) is 0 Å².